The van der Waals surface area contributed by atoms with Crippen molar-refractivity contribution in [3.05, 3.63) is 23.4 Å². The molecule has 174 valence electrons. The Hall–Kier alpha value is -3.76. The first kappa shape index (κ1) is 24.5. The molecule has 2 rings (SSSR count). The lowest BCUT2D eigenvalue weighted by molar-refractivity contribution is -0.142. The number of hydrogen-bond donors (Lipinski definition) is 3. The van der Waals surface area contributed by atoms with E-state index >= 15 is 0 Å². The van der Waals surface area contributed by atoms with Crippen LogP contribution >= 0.6 is 0 Å². The third kappa shape index (κ3) is 5.68. The van der Waals surface area contributed by atoms with Gasteiger partial charge in [-0.3, -0.25) is 14.4 Å². The van der Waals surface area contributed by atoms with E-state index in [4.69, 9.17) is 9.47 Å². The van der Waals surface area contributed by atoms with Gasteiger partial charge in [0.1, 0.15) is 17.3 Å². The third-order valence-corrected chi connectivity index (χ3v) is 4.32. The second-order valence-corrected chi connectivity index (χ2v) is 7.92. The quantitative estimate of drug-likeness (QED) is 0.449. The number of piperazine rings is 1. The highest BCUT2D eigenvalue weighted by Gasteiger charge is 2.42. The lowest BCUT2D eigenvalue weighted by Crippen LogP contribution is -2.58. The van der Waals surface area contributed by atoms with Gasteiger partial charge in [0.15, 0.2) is 11.5 Å². The predicted molar refractivity (Wildman–Crippen MR) is 111 cm³/mol. The molecular formula is C21H26N2O9. The molecule has 1 saturated heterocycles. The topological polar surface area (TPSA) is 152 Å². The number of aromatic hydroxyl groups is 2. The van der Waals surface area contributed by atoms with Gasteiger partial charge in [-0.25, -0.2) is 9.69 Å². The van der Waals surface area contributed by atoms with Crippen LogP contribution in [-0.2, 0) is 23.9 Å². The smallest absolute Gasteiger partial charge is 0.421 e. The molecule has 1 aromatic carbocycles. The van der Waals surface area contributed by atoms with Crippen LogP contribution in [0.25, 0.3) is 6.08 Å². The van der Waals surface area contributed by atoms with Crippen LogP contribution in [0.5, 0.6) is 17.2 Å². The normalized spacial score (nSPS) is 17.7. The minimum atomic E-state index is -1.16. The number of methoxy groups -OCH3 is 2. The zero-order valence-corrected chi connectivity index (χ0v) is 18.4. The van der Waals surface area contributed by atoms with E-state index in [2.05, 4.69) is 10.1 Å². The lowest BCUT2D eigenvalue weighted by Gasteiger charge is -2.34. The number of imide groups is 1. The molecule has 11 nitrogen and oxygen atoms in total. The number of benzene rings is 1. The van der Waals surface area contributed by atoms with E-state index in [1.165, 1.54) is 26.4 Å². The molecular weight excluding hydrogens is 424 g/mol. The summed E-state index contributed by atoms with van der Waals surface area (Å²) in [5.41, 5.74) is -1.24. The number of esters is 1. The van der Waals surface area contributed by atoms with Crippen LogP contribution in [0, 0.1) is 0 Å². The lowest BCUT2D eigenvalue weighted by atomic mass is 10.0. The van der Waals surface area contributed by atoms with Crippen molar-refractivity contribution in [2.45, 2.75) is 45.3 Å². The molecule has 1 fully saturated rings. The molecule has 1 heterocycles. The minimum Gasteiger partial charge on any atom is -0.504 e. The SMILES string of the molecule is COC(=O)CCC1NC(=O)/C(=C/c2cc(O)c(OC)c(O)c2)N(C(=O)OC(C)(C)C)C1=O. The number of amides is 3. The Morgan fingerprint density at radius 2 is 1.75 bits per heavy atom. The van der Waals surface area contributed by atoms with Crippen LogP contribution in [0.1, 0.15) is 39.2 Å². The number of hydrogen-bond acceptors (Lipinski definition) is 9. The number of nitrogens with zero attached hydrogens (tertiary/aromatic N) is 1. The highest BCUT2D eigenvalue weighted by molar-refractivity contribution is 6.13. The Morgan fingerprint density at radius 1 is 1.16 bits per heavy atom. The summed E-state index contributed by atoms with van der Waals surface area (Å²) in [5, 5.41) is 22.5. The van der Waals surface area contributed by atoms with Crippen molar-refractivity contribution in [2.75, 3.05) is 14.2 Å². The fourth-order valence-corrected chi connectivity index (χ4v) is 2.93. The molecule has 0 aliphatic carbocycles. The molecule has 32 heavy (non-hydrogen) atoms. The molecule has 1 aliphatic heterocycles. The number of ether oxygens (including phenoxy) is 3. The first-order valence-electron chi connectivity index (χ1n) is 9.64. The number of carbonyl (C=O) groups excluding carboxylic acids is 4. The average molecular weight is 450 g/mol. The Bertz CT molecular complexity index is 940. The number of phenolic OH excluding ortho intramolecular Hbond substituents is 2. The van der Waals surface area contributed by atoms with Gasteiger partial charge < -0.3 is 29.7 Å². The molecule has 1 aliphatic rings. The van der Waals surface area contributed by atoms with Gasteiger partial charge >= 0.3 is 12.1 Å². The maximum atomic E-state index is 13.0. The van der Waals surface area contributed by atoms with E-state index < -0.39 is 47.0 Å². The molecule has 3 amide bonds. The summed E-state index contributed by atoms with van der Waals surface area (Å²) in [6.45, 7) is 4.78. The van der Waals surface area contributed by atoms with E-state index in [1.807, 2.05) is 0 Å². The van der Waals surface area contributed by atoms with Gasteiger partial charge in [0, 0.05) is 6.42 Å². The maximum Gasteiger partial charge on any atom is 0.421 e. The van der Waals surface area contributed by atoms with Crippen molar-refractivity contribution in [1.82, 2.24) is 10.2 Å². The Balaban J connectivity index is 2.48. The summed E-state index contributed by atoms with van der Waals surface area (Å²) in [6, 6.07) is 1.20. The van der Waals surface area contributed by atoms with Crippen molar-refractivity contribution >= 4 is 30.0 Å². The molecule has 0 bridgehead atoms. The van der Waals surface area contributed by atoms with Crippen LogP contribution < -0.4 is 10.1 Å². The molecule has 1 aromatic rings. The van der Waals surface area contributed by atoms with Crippen molar-refractivity contribution < 1.29 is 43.6 Å². The van der Waals surface area contributed by atoms with E-state index in [0.717, 1.165) is 6.08 Å². The van der Waals surface area contributed by atoms with Crippen LogP contribution in [0.2, 0.25) is 0 Å². The Labute approximate surface area is 184 Å². The van der Waals surface area contributed by atoms with Gasteiger partial charge in [-0.1, -0.05) is 0 Å². The van der Waals surface area contributed by atoms with Gasteiger partial charge in [0.05, 0.1) is 14.2 Å². The highest BCUT2D eigenvalue weighted by atomic mass is 16.6. The van der Waals surface area contributed by atoms with Crippen LogP contribution in [-0.4, -0.2) is 64.9 Å². The zero-order valence-electron chi connectivity index (χ0n) is 18.4. The van der Waals surface area contributed by atoms with E-state index in [-0.39, 0.29) is 29.9 Å². The van der Waals surface area contributed by atoms with Crippen LogP contribution in [0.3, 0.4) is 0 Å². The van der Waals surface area contributed by atoms with Gasteiger partial charge in [0.2, 0.25) is 5.75 Å². The molecule has 0 aromatic heterocycles. The molecule has 0 radical (unpaired) electrons. The minimum absolute atomic E-state index is 0.0893. The number of rotatable bonds is 5. The first-order valence-corrected chi connectivity index (χ1v) is 9.64. The third-order valence-electron chi connectivity index (χ3n) is 4.32. The summed E-state index contributed by atoms with van der Waals surface area (Å²) in [6.07, 6.45) is -0.205. The van der Waals surface area contributed by atoms with Crippen molar-refractivity contribution in [1.29, 1.82) is 0 Å². The number of nitrogens with one attached hydrogen (secondary N) is 1. The molecule has 3 N–H and O–H groups in total. The fourth-order valence-electron chi connectivity index (χ4n) is 2.93. The molecule has 11 heteroatoms. The summed E-state index contributed by atoms with van der Waals surface area (Å²) in [7, 11) is 2.44. The average Bonchev–Trinajstić information content (AvgIpc) is 2.67. The van der Waals surface area contributed by atoms with Gasteiger partial charge in [-0.05, 0) is 51.0 Å². The molecule has 1 atom stereocenters. The maximum absolute atomic E-state index is 13.0. The summed E-state index contributed by atoms with van der Waals surface area (Å²) in [4.78, 5) is 50.6. The van der Waals surface area contributed by atoms with Crippen LogP contribution in [0.4, 0.5) is 4.79 Å². The second kappa shape index (κ2) is 9.58. The Kier molecular flexibility index (Phi) is 7.34. The van der Waals surface area contributed by atoms with Gasteiger partial charge in [-0.2, -0.15) is 0 Å². The van der Waals surface area contributed by atoms with E-state index in [0.29, 0.717) is 4.90 Å². The first-order chi connectivity index (χ1) is 14.9. The van der Waals surface area contributed by atoms with Crippen molar-refractivity contribution in [3.8, 4) is 17.2 Å². The molecule has 1 unspecified atom stereocenters. The summed E-state index contributed by atoms with van der Waals surface area (Å²) >= 11 is 0. The monoisotopic (exact) mass is 450 g/mol. The number of carbonyl (C=O) groups is 4. The summed E-state index contributed by atoms with van der Waals surface area (Å²) < 4.78 is 14.7. The largest absolute Gasteiger partial charge is 0.504 e. The van der Waals surface area contributed by atoms with E-state index in [1.54, 1.807) is 20.8 Å². The summed E-state index contributed by atoms with van der Waals surface area (Å²) in [5.74, 6) is -3.19. The van der Waals surface area contributed by atoms with Gasteiger partial charge in [0.25, 0.3) is 11.8 Å². The predicted octanol–water partition coefficient (Wildman–Crippen LogP) is 1.66. The standard InChI is InChI=1S/C21H26N2O9/c1-21(2,3)32-20(29)23-13(8-11-9-14(24)17(31-5)15(25)10-11)18(27)22-12(19(23)28)6-7-16(26)30-4/h8-10,12,24-25H,6-7H2,1-5H3,(H,22,27)/b13-8-. The zero-order chi connectivity index (χ0) is 24.2. The van der Waals surface area contributed by atoms with Crippen LogP contribution in [0.15, 0.2) is 17.8 Å². The van der Waals surface area contributed by atoms with Gasteiger partial charge in [-0.15, -0.1) is 0 Å². The molecule has 0 saturated carbocycles. The number of phenols is 2. The highest BCUT2D eigenvalue weighted by Crippen LogP contribution is 2.37. The fraction of sp³-hybridized carbons (Fsp3) is 0.429. The Morgan fingerprint density at radius 3 is 2.25 bits per heavy atom. The van der Waals surface area contributed by atoms with Crippen molar-refractivity contribution in [3.63, 3.8) is 0 Å². The van der Waals surface area contributed by atoms with Crippen molar-refractivity contribution in [2.24, 2.45) is 0 Å². The molecule has 0 spiro atoms. The van der Waals surface area contributed by atoms with E-state index in [9.17, 15) is 29.4 Å². The second-order valence-electron chi connectivity index (χ2n) is 7.92.